The highest BCUT2D eigenvalue weighted by Crippen LogP contribution is 2.23. The van der Waals surface area contributed by atoms with Crippen LogP contribution in [0.5, 0.6) is 0 Å². The predicted octanol–water partition coefficient (Wildman–Crippen LogP) is 3.51. The van der Waals surface area contributed by atoms with Crippen LogP contribution in [0.4, 0.5) is 0 Å². The summed E-state index contributed by atoms with van der Waals surface area (Å²) in [5.74, 6) is 0.256. The Bertz CT molecular complexity index is 509. The summed E-state index contributed by atoms with van der Waals surface area (Å²) in [5.41, 5.74) is 8.45. The highest BCUT2D eigenvalue weighted by atomic mass is 35.5. The van der Waals surface area contributed by atoms with Crippen molar-refractivity contribution in [3.05, 3.63) is 35.4 Å². The first kappa shape index (κ1) is 24.2. The molecule has 0 radical (unpaired) electrons. The normalized spacial score (nSPS) is 19.7. The van der Waals surface area contributed by atoms with Gasteiger partial charge in [0.05, 0.1) is 0 Å². The van der Waals surface area contributed by atoms with Crippen LogP contribution in [0.1, 0.15) is 50.7 Å². The molecule has 0 aromatic heterocycles. The fourth-order valence-corrected chi connectivity index (χ4v) is 3.34. The Labute approximate surface area is 164 Å². The molecule has 3 N–H and O–H groups in total. The third kappa shape index (κ3) is 7.95. The average Bonchev–Trinajstić information content (AvgIpc) is 2.58. The lowest BCUT2D eigenvalue weighted by Crippen LogP contribution is -2.37. The minimum atomic E-state index is 0. The summed E-state index contributed by atoms with van der Waals surface area (Å²) in [4.78, 5) is 14.7. The number of benzene rings is 1. The smallest absolute Gasteiger partial charge is 0.223 e. The van der Waals surface area contributed by atoms with Crippen LogP contribution >= 0.6 is 24.8 Å². The van der Waals surface area contributed by atoms with Crippen LogP contribution in [-0.2, 0) is 17.9 Å². The number of carbonyl (C=O) groups is 1. The number of amides is 1. The Morgan fingerprint density at radius 1 is 1.20 bits per heavy atom. The van der Waals surface area contributed by atoms with E-state index in [1.54, 1.807) is 0 Å². The van der Waals surface area contributed by atoms with E-state index in [0.717, 1.165) is 45.3 Å². The Morgan fingerprint density at radius 2 is 1.88 bits per heavy atom. The maximum absolute atomic E-state index is 12.3. The zero-order chi connectivity index (χ0) is 16.7. The van der Waals surface area contributed by atoms with Gasteiger partial charge in [0.2, 0.25) is 5.91 Å². The molecule has 1 saturated carbocycles. The number of nitrogens with zero attached hydrogens (tertiary/aromatic N) is 1. The second-order valence-electron chi connectivity index (χ2n) is 6.62. The Hall–Kier alpha value is -0.810. The number of nitrogens with two attached hydrogens (primary N) is 1. The summed E-state index contributed by atoms with van der Waals surface area (Å²) >= 11 is 0. The zero-order valence-electron chi connectivity index (χ0n) is 15.4. The molecular weight excluding hydrogens is 357 g/mol. The van der Waals surface area contributed by atoms with E-state index in [0.29, 0.717) is 6.54 Å². The molecule has 25 heavy (non-hydrogen) atoms. The average molecular weight is 390 g/mol. The molecule has 0 spiro atoms. The number of carbonyl (C=O) groups excluding carboxylic acids is 1. The third-order valence-electron chi connectivity index (χ3n) is 4.84. The van der Waals surface area contributed by atoms with Crippen LogP contribution in [0.2, 0.25) is 0 Å². The van der Waals surface area contributed by atoms with E-state index in [2.05, 4.69) is 48.3 Å². The second kappa shape index (κ2) is 12.5. The molecule has 0 bridgehead atoms. The number of rotatable bonds is 7. The highest BCUT2D eigenvalue weighted by Gasteiger charge is 2.24. The standard InChI is InChI=1S/C19H31N3O.2ClH/c1-3-22(4-2)14-16-8-5-7-15(11-16)13-21-19(23)17-9-6-10-18(20)12-17;;/h5,7-8,11,17-18H,3-4,6,9-10,12-14,20H2,1-2H3,(H,21,23);2*1H. The molecule has 0 heterocycles. The molecule has 1 aliphatic carbocycles. The largest absolute Gasteiger partial charge is 0.352 e. The van der Waals surface area contributed by atoms with E-state index in [-0.39, 0.29) is 42.7 Å². The van der Waals surface area contributed by atoms with Crippen molar-refractivity contribution in [1.82, 2.24) is 10.2 Å². The van der Waals surface area contributed by atoms with E-state index >= 15 is 0 Å². The maximum Gasteiger partial charge on any atom is 0.223 e. The third-order valence-corrected chi connectivity index (χ3v) is 4.84. The zero-order valence-corrected chi connectivity index (χ0v) is 17.0. The van der Waals surface area contributed by atoms with Gasteiger partial charge in [0.25, 0.3) is 0 Å². The summed E-state index contributed by atoms with van der Waals surface area (Å²) in [6, 6.07) is 8.71. The Morgan fingerprint density at radius 3 is 2.52 bits per heavy atom. The van der Waals surface area contributed by atoms with Crippen molar-refractivity contribution in [2.75, 3.05) is 13.1 Å². The SMILES string of the molecule is CCN(CC)Cc1cccc(CNC(=O)C2CCCC(N)C2)c1.Cl.Cl. The van der Waals surface area contributed by atoms with Gasteiger partial charge in [0, 0.05) is 25.0 Å². The Kier molecular flexibility index (Phi) is 12.1. The molecule has 144 valence electrons. The van der Waals surface area contributed by atoms with Gasteiger partial charge in [-0.05, 0) is 43.5 Å². The first-order valence-electron chi connectivity index (χ1n) is 8.95. The summed E-state index contributed by atoms with van der Waals surface area (Å²) in [7, 11) is 0. The number of hydrogen-bond donors (Lipinski definition) is 2. The van der Waals surface area contributed by atoms with Crippen molar-refractivity contribution < 1.29 is 4.79 Å². The highest BCUT2D eigenvalue weighted by molar-refractivity contribution is 5.85. The van der Waals surface area contributed by atoms with E-state index in [9.17, 15) is 4.79 Å². The molecular formula is C19H33Cl2N3O. The van der Waals surface area contributed by atoms with Crippen molar-refractivity contribution in [1.29, 1.82) is 0 Å². The lowest BCUT2D eigenvalue weighted by molar-refractivity contribution is -0.126. The molecule has 1 fully saturated rings. The molecule has 1 amide bonds. The quantitative estimate of drug-likeness (QED) is 0.749. The number of hydrogen-bond acceptors (Lipinski definition) is 3. The first-order chi connectivity index (χ1) is 11.1. The van der Waals surface area contributed by atoms with Crippen molar-refractivity contribution >= 4 is 30.7 Å². The van der Waals surface area contributed by atoms with Crippen molar-refractivity contribution in [2.45, 2.75) is 58.7 Å². The van der Waals surface area contributed by atoms with Gasteiger partial charge >= 0.3 is 0 Å². The van der Waals surface area contributed by atoms with Gasteiger partial charge in [-0.25, -0.2) is 0 Å². The van der Waals surface area contributed by atoms with Crippen molar-refractivity contribution in [3.63, 3.8) is 0 Å². The molecule has 2 rings (SSSR count). The van der Waals surface area contributed by atoms with Crippen LogP contribution in [0.3, 0.4) is 0 Å². The molecule has 4 nitrogen and oxygen atoms in total. The van der Waals surface area contributed by atoms with Gasteiger partial charge in [-0.2, -0.15) is 0 Å². The van der Waals surface area contributed by atoms with Crippen LogP contribution in [0.15, 0.2) is 24.3 Å². The van der Waals surface area contributed by atoms with Crippen LogP contribution in [0, 0.1) is 5.92 Å². The van der Waals surface area contributed by atoms with Crippen LogP contribution in [0.25, 0.3) is 0 Å². The maximum atomic E-state index is 12.3. The topological polar surface area (TPSA) is 58.4 Å². The summed E-state index contributed by atoms with van der Waals surface area (Å²) in [6.07, 6.45) is 3.92. The lowest BCUT2D eigenvalue weighted by atomic mass is 9.85. The van der Waals surface area contributed by atoms with E-state index < -0.39 is 0 Å². The van der Waals surface area contributed by atoms with E-state index in [1.165, 1.54) is 11.1 Å². The van der Waals surface area contributed by atoms with Gasteiger partial charge < -0.3 is 11.1 Å². The second-order valence-corrected chi connectivity index (χ2v) is 6.62. The van der Waals surface area contributed by atoms with E-state index in [1.807, 2.05) is 0 Å². The minimum absolute atomic E-state index is 0. The fraction of sp³-hybridized carbons (Fsp3) is 0.632. The van der Waals surface area contributed by atoms with Gasteiger partial charge in [0.15, 0.2) is 0 Å². The summed E-state index contributed by atoms with van der Waals surface area (Å²) in [5, 5.41) is 3.09. The minimum Gasteiger partial charge on any atom is -0.352 e. The molecule has 2 unspecified atom stereocenters. The van der Waals surface area contributed by atoms with Gasteiger partial charge in [-0.3, -0.25) is 9.69 Å². The molecule has 0 aliphatic heterocycles. The van der Waals surface area contributed by atoms with E-state index in [4.69, 9.17) is 5.73 Å². The first-order valence-corrected chi connectivity index (χ1v) is 8.95. The molecule has 1 aromatic carbocycles. The summed E-state index contributed by atoms with van der Waals surface area (Å²) in [6.45, 7) is 8.05. The van der Waals surface area contributed by atoms with Gasteiger partial charge in [-0.15, -0.1) is 24.8 Å². The summed E-state index contributed by atoms with van der Waals surface area (Å²) < 4.78 is 0. The molecule has 2 atom stereocenters. The molecule has 1 aliphatic rings. The predicted molar refractivity (Wildman–Crippen MR) is 109 cm³/mol. The van der Waals surface area contributed by atoms with Crippen molar-refractivity contribution in [2.24, 2.45) is 11.7 Å². The van der Waals surface area contributed by atoms with Crippen LogP contribution in [-0.4, -0.2) is 29.9 Å². The molecule has 1 aromatic rings. The lowest BCUT2D eigenvalue weighted by Gasteiger charge is -2.25. The number of nitrogens with one attached hydrogen (secondary N) is 1. The van der Waals surface area contributed by atoms with Crippen molar-refractivity contribution in [3.8, 4) is 0 Å². The Balaban J connectivity index is 0.00000288. The van der Waals surface area contributed by atoms with Gasteiger partial charge in [0.1, 0.15) is 0 Å². The molecule has 0 saturated heterocycles. The molecule has 6 heteroatoms. The van der Waals surface area contributed by atoms with Crippen LogP contribution < -0.4 is 11.1 Å². The van der Waals surface area contributed by atoms with Gasteiger partial charge in [-0.1, -0.05) is 44.5 Å². The number of halogens is 2. The monoisotopic (exact) mass is 389 g/mol. The fourth-order valence-electron chi connectivity index (χ4n) is 3.34.